The molecule has 0 amide bonds. The summed E-state index contributed by atoms with van der Waals surface area (Å²) in [6, 6.07) is 5.11. The number of nitrogens with two attached hydrogens (primary N) is 1. The van der Waals surface area contributed by atoms with Crippen molar-refractivity contribution >= 4 is 0 Å². The molecular weight excluding hydrogens is 258 g/mol. The van der Waals surface area contributed by atoms with Crippen molar-refractivity contribution in [1.82, 2.24) is 0 Å². The summed E-state index contributed by atoms with van der Waals surface area (Å²) in [6.07, 6.45) is -3.39. The highest BCUT2D eigenvalue weighted by Crippen LogP contribution is 2.48. The van der Waals surface area contributed by atoms with Gasteiger partial charge in [-0.1, -0.05) is 18.2 Å². The molecule has 1 aromatic carbocycles. The summed E-state index contributed by atoms with van der Waals surface area (Å²) < 4.78 is 52.2. The maximum atomic E-state index is 14.0. The minimum atomic E-state index is -4.39. The predicted molar refractivity (Wildman–Crippen MR) is 65.5 cm³/mol. The number of hydrogen-bond acceptors (Lipinski definition) is 1. The van der Waals surface area contributed by atoms with Crippen molar-refractivity contribution in [3.8, 4) is 0 Å². The number of halogens is 4. The highest BCUT2D eigenvalue weighted by atomic mass is 19.4. The molecule has 19 heavy (non-hydrogen) atoms. The molecule has 5 heteroatoms. The first-order valence-electron chi connectivity index (χ1n) is 6.25. The lowest BCUT2D eigenvalue weighted by molar-refractivity contribution is -0.137. The third-order valence-corrected chi connectivity index (χ3v) is 4.02. The molecule has 1 nitrogen and oxygen atoms in total. The van der Waals surface area contributed by atoms with E-state index in [0.29, 0.717) is 18.4 Å². The quantitative estimate of drug-likeness (QED) is 0.816. The third-order valence-electron chi connectivity index (χ3n) is 4.02. The molecule has 1 aliphatic rings. The molecule has 2 unspecified atom stereocenters. The summed E-state index contributed by atoms with van der Waals surface area (Å²) in [5.74, 6) is 0. The van der Waals surface area contributed by atoms with E-state index < -0.39 is 22.8 Å². The van der Waals surface area contributed by atoms with Gasteiger partial charge in [-0.15, -0.1) is 0 Å². The molecule has 2 rings (SSSR count). The summed E-state index contributed by atoms with van der Waals surface area (Å²) in [7, 11) is 0. The largest absolute Gasteiger partial charge is 0.416 e. The standard InChI is InChI=1S/C14H17F4N/c1-12(15)5-6-13(8-12,9-19)10-3-2-4-11(7-10)14(16,17)18/h2-4,7H,5-6,8-9,19H2,1H3. The normalized spacial score (nSPS) is 31.7. The summed E-state index contributed by atoms with van der Waals surface area (Å²) >= 11 is 0. The fraction of sp³-hybridized carbons (Fsp3) is 0.571. The minimum absolute atomic E-state index is 0.161. The van der Waals surface area contributed by atoms with Gasteiger partial charge in [-0.3, -0.25) is 0 Å². The fourth-order valence-electron chi connectivity index (χ4n) is 2.95. The van der Waals surface area contributed by atoms with Gasteiger partial charge >= 0.3 is 6.18 Å². The Labute approximate surface area is 109 Å². The van der Waals surface area contributed by atoms with Crippen LogP contribution in [0.25, 0.3) is 0 Å². The highest BCUT2D eigenvalue weighted by Gasteiger charge is 2.46. The second kappa shape index (κ2) is 4.47. The van der Waals surface area contributed by atoms with E-state index >= 15 is 0 Å². The van der Waals surface area contributed by atoms with Crippen LogP contribution in [0.4, 0.5) is 17.6 Å². The van der Waals surface area contributed by atoms with Gasteiger partial charge in [0.1, 0.15) is 5.67 Å². The molecule has 2 N–H and O–H groups in total. The molecule has 0 aliphatic heterocycles. The van der Waals surface area contributed by atoms with Crippen LogP contribution in [0.5, 0.6) is 0 Å². The molecule has 1 saturated carbocycles. The monoisotopic (exact) mass is 275 g/mol. The Kier molecular flexibility index (Phi) is 3.37. The Morgan fingerprint density at radius 3 is 2.42 bits per heavy atom. The molecule has 2 atom stereocenters. The lowest BCUT2D eigenvalue weighted by Crippen LogP contribution is -2.34. The van der Waals surface area contributed by atoms with Crippen LogP contribution in [0, 0.1) is 0 Å². The SMILES string of the molecule is CC1(F)CCC(CN)(c2cccc(C(F)(F)F)c2)C1. The van der Waals surface area contributed by atoms with Crippen LogP contribution in [0.15, 0.2) is 24.3 Å². The van der Waals surface area contributed by atoms with Gasteiger partial charge in [0.15, 0.2) is 0 Å². The van der Waals surface area contributed by atoms with E-state index in [4.69, 9.17) is 5.73 Å². The van der Waals surface area contributed by atoms with Crippen molar-refractivity contribution in [3.63, 3.8) is 0 Å². The second-order valence-corrected chi connectivity index (χ2v) is 5.65. The van der Waals surface area contributed by atoms with Gasteiger partial charge in [0.2, 0.25) is 0 Å². The Bertz CT molecular complexity index is 467. The minimum Gasteiger partial charge on any atom is -0.330 e. The van der Waals surface area contributed by atoms with Crippen molar-refractivity contribution in [1.29, 1.82) is 0 Å². The molecule has 1 fully saturated rings. The van der Waals surface area contributed by atoms with Crippen LogP contribution in [0.2, 0.25) is 0 Å². The van der Waals surface area contributed by atoms with Crippen molar-refractivity contribution in [2.24, 2.45) is 5.73 Å². The molecule has 0 heterocycles. The van der Waals surface area contributed by atoms with Gasteiger partial charge in [0.25, 0.3) is 0 Å². The number of rotatable bonds is 2. The predicted octanol–water partition coefficient (Wildman–Crippen LogP) is 3.81. The second-order valence-electron chi connectivity index (χ2n) is 5.65. The molecule has 0 saturated heterocycles. The molecule has 1 aromatic rings. The molecule has 0 spiro atoms. The van der Waals surface area contributed by atoms with E-state index in [1.165, 1.54) is 13.0 Å². The van der Waals surface area contributed by atoms with E-state index in [-0.39, 0.29) is 13.0 Å². The molecule has 0 bridgehead atoms. The zero-order chi connectivity index (χ0) is 14.3. The van der Waals surface area contributed by atoms with Crippen molar-refractivity contribution < 1.29 is 17.6 Å². The van der Waals surface area contributed by atoms with Crippen molar-refractivity contribution in [3.05, 3.63) is 35.4 Å². The van der Waals surface area contributed by atoms with Crippen molar-refractivity contribution in [2.45, 2.75) is 43.4 Å². The summed E-state index contributed by atoms with van der Waals surface area (Å²) in [5.41, 5.74) is 3.49. The molecule has 106 valence electrons. The van der Waals surface area contributed by atoms with Crippen LogP contribution in [0.1, 0.15) is 37.3 Å². The zero-order valence-electron chi connectivity index (χ0n) is 10.7. The van der Waals surface area contributed by atoms with Gasteiger partial charge < -0.3 is 5.73 Å². The van der Waals surface area contributed by atoms with Crippen molar-refractivity contribution in [2.75, 3.05) is 6.54 Å². The number of alkyl halides is 4. The summed E-state index contributed by atoms with van der Waals surface area (Å²) in [5, 5.41) is 0. The summed E-state index contributed by atoms with van der Waals surface area (Å²) in [4.78, 5) is 0. The number of benzene rings is 1. The topological polar surface area (TPSA) is 26.0 Å². The van der Waals surface area contributed by atoms with Gasteiger partial charge in [-0.25, -0.2) is 4.39 Å². The zero-order valence-corrected chi connectivity index (χ0v) is 10.7. The van der Waals surface area contributed by atoms with E-state index in [9.17, 15) is 17.6 Å². The van der Waals surface area contributed by atoms with Gasteiger partial charge in [-0.05, 0) is 37.8 Å². The van der Waals surface area contributed by atoms with Crippen LogP contribution in [0.3, 0.4) is 0 Å². The lowest BCUT2D eigenvalue weighted by Gasteiger charge is -2.29. The third kappa shape index (κ3) is 2.76. The first kappa shape index (κ1) is 14.3. The smallest absolute Gasteiger partial charge is 0.330 e. The Hall–Kier alpha value is -1.10. The highest BCUT2D eigenvalue weighted by molar-refractivity contribution is 5.34. The van der Waals surface area contributed by atoms with Crippen LogP contribution in [-0.4, -0.2) is 12.2 Å². The van der Waals surface area contributed by atoms with E-state index in [1.54, 1.807) is 6.07 Å². The molecule has 0 aromatic heterocycles. The van der Waals surface area contributed by atoms with Crippen LogP contribution in [-0.2, 0) is 11.6 Å². The van der Waals surface area contributed by atoms with Gasteiger partial charge in [-0.2, -0.15) is 13.2 Å². The van der Waals surface area contributed by atoms with E-state index in [1.807, 2.05) is 0 Å². The Balaban J connectivity index is 2.40. The lowest BCUT2D eigenvalue weighted by atomic mass is 9.77. The number of hydrogen-bond donors (Lipinski definition) is 1. The summed E-state index contributed by atoms with van der Waals surface area (Å²) in [6.45, 7) is 1.64. The molecular formula is C14H17F4N. The average molecular weight is 275 g/mol. The molecule has 0 radical (unpaired) electrons. The molecule has 1 aliphatic carbocycles. The average Bonchev–Trinajstić information content (AvgIpc) is 2.65. The van der Waals surface area contributed by atoms with Crippen LogP contribution < -0.4 is 5.73 Å². The fourth-order valence-corrected chi connectivity index (χ4v) is 2.95. The van der Waals surface area contributed by atoms with Gasteiger partial charge in [0.05, 0.1) is 5.56 Å². The maximum Gasteiger partial charge on any atom is 0.416 e. The first-order valence-corrected chi connectivity index (χ1v) is 6.25. The van der Waals surface area contributed by atoms with E-state index in [0.717, 1.165) is 12.1 Å². The van der Waals surface area contributed by atoms with Crippen LogP contribution >= 0.6 is 0 Å². The maximum absolute atomic E-state index is 14.0. The Morgan fingerprint density at radius 2 is 1.95 bits per heavy atom. The first-order chi connectivity index (χ1) is 8.69. The van der Waals surface area contributed by atoms with Gasteiger partial charge in [0, 0.05) is 12.0 Å². The van der Waals surface area contributed by atoms with E-state index in [2.05, 4.69) is 0 Å². The Morgan fingerprint density at radius 1 is 1.26 bits per heavy atom.